The minimum Gasteiger partial charge on any atom is -0.396 e. The Hall–Kier alpha value is -0.120. The van der Waals surface area contributed by atoms with Gasteiger partial charge in [-0.3, -0.25) is 0 Å². The molecule has 0 aromatic rings. The standard InChI is InChI=1S/C16H35NO2/c1-4-5-6-7-8-9-10-11-15(12-13-18)16(2,3)19-14-17/h15,18H,4-14,17H2,1-3H3. The maximum absolute atomic E-state index is 9.18. The van der Waals surface area contributed by atoms with Gasteiger partial charge in [0, 0.05) is 6.61 Å². The van der Waals surface area contributed by atoms with E-state index in [1.165, 1.54) is 44.9 Å². The summed E-state index contributed by atoms with van der Waals surface area (Å²) in [5, 5.41) is 9.18. The summed E-state index contributed by atoms with van der Waals surface area (Å²) in [6, 6.07) is 0. The predicted octanol–water partition coefficient (Wildman–Crippen LogP) is 3.84. The molecule has 0 rings (SSSR count). The molecule has 0 fully saturated rings. The van der Waals surface area contributed by atoms with E-state index in [9.17, 15) is 5.11 Å². The lowest BCUT2D eigenvalue weighted by Crippen LogP contribution is -2.37. The van der Waals surface area contributed by atoms with E-state index in [0.717, 1.165) is 12.8 Å². The molecule has 3 nitrogen and oxygen atoms in total. The van der Waals surface area contributed by atoms with Crippen LogP contribution in [0.4, 0.5) is 0 Å². The molecular formula is C16H35NO2. The molecule has 116 valence electrons. The molecular weight excluding hydrogens is 238 g/mol. The Balaban J connectivity index is 3.82. The van der Waals surface area contributed by atoms with Crippen LogP contribution in [0.5, 0.6) is 0 Å². The van der Waals surface area contributed by atoms with Crippen LogP contribution in [0.15, 0.2) is 0 Å². The number of hydrogen-bond acceptors (Lipinski definition) is 3. The number of aliphatic hydroxyl groups is 1. The van der Waals surface area contributed by atoms with Gasteiger partial charge in [-0.05, 0) is 32.6 Å². The van der Waals surface area contributed by atoms with Crippen molar-refractivity contribution in [2.24, 2.45) is 11.7 Å². The lowest BCUT2D eigenvalue weighted by atomic mass is 9.83. The second-order valence-electron chi connectivity index (χ2n) is 6.03. The van der Waals surface area contributed by atoms with E-state index in [-0.39, 0.29) is 18.9 Å². The highest BCUT2D eigenvalue weighted by atomic mass is 16.5. The second-order valence-corrected chi connectivity index (χ2v) is 6.03. The highest BCUT2D eigenvalue weighted by Gasteiger charge is 2.29. The Morgan fingerprint density at radius 3 is 2.11 bits per heavy atom. The Kier molecular flexibility index (Phi) is 11.6. The summed E-state index contributed by atoms with van der Waals surface area (Å²) in [7, 11) is 0. The van der Waals surface area contributed by atoms with Gasteiger partial charge in [-0.2, -0.15) is 0 Å². The van der Waals surface area contributed by atoms with Crippen LogP contribution in [0.1, 0.15) is 78.6 Å². The summed E-state index contributed by atoms with van der Waals surface area (Å²) in [5.74, 6) is 0.400. The van der Waals surface area contributed by atoms with Crippen LogP contribution in [0.3, 0.4) is 0 Å². The molecule has 0 aromatic carbocycles. The summed E-state index contributed by atoms with van der Waals surface area (Å²) >= 11 is 0. The molecule has 0 aliphatic carbocycles. The maximum Gasteiger partial charge on any atom is 0.0947 e. The fourth-order valence-corrected chi connectivity index (χ4v) is 2.68. The number of rotatable bonds is 13. The molecule has 19 heavy (non-hydrogen) atoms. The maximum atomic E-state index is 9.18. The number of unbranched alkanes of at least 4 members (excludes halogenated alkanes) is 6. The minimum absolute atomic E-state index is 0.223. The summed E-state index contributed by atoms with van der Waals surface area (Å²) in [6.07, 6.45) is 11.2. The molecule has 0 saturated carbocycles. The van der Waals surface area contributed by atoms with Crippen LogP contribution in [-0.4, -0.2) is 24.0 Å². The van der Waals surface area contributed by atoms with Crippen LogP contribution in [0, 0.1) is 5.92 Å². The lowest BCUT2D eigenvalue weighted by Gasteiger charge is -2.34. The van der Waals surface area contributed by atoms with Crippen LogP contribution in [0.2, 0.25) is 0 Å². The topological polar surface area (TPSA) is 55.5 Å². The van der Waals surface area contributed by atoms with Crippen LogP contribution >= 0.6 is 0 Å². The van der Waals surface area contributed by atoms with Gasteiger partial charge in [0.2, 0.25) is 0 Å². The van der Waals surface area contributed by atoms with Gasteiger partial charge in [0.1, 0.15) is 0 Å². The molecule has 0 aliphatic rings. The summed E-state index contributed by atoms with van der Waals surface area (Å²) in [6.45, 7) is 6.91. The van der Waals surface area contributed by atoms with E-state index >= 15 is 0 Å². The Bertz CT molecular complexity index is 195. The summed E-state index contributed by atoms with van der Waals surface area (Å²) < 4.78 is 5.62. The third-order valence-corrected chi connectivity index (χ3v) is 4.07. The van der Waals surface area contributed by atoms with Gasteiger partial charge in [-0.1, -0.05) is 51.9 Å². The molecule has 0 bridgehead atoms. The Morgan fingerprint density at radius 1 is 1.00 bits per heavy atom. The average Bonchev–Trinajstić information content (AvgIpc) is 2.36. The fraction of sp³-hybridized carbons (Fsp3) is 1.00. The number of hydrogen-bond donors (Lipinski definition) is 2. The van der Waals surface area contributed by atoms with Gasteiger partial charge in [0.05, 0.1) is 12.3 Å². The van der Waals surface area contributed by atoms with E-state index in [0.29, 0.717) is 5.92 Å². The summed E-state index contributed by atoms with van der Waals surface area (Å²) in [4.78, 5) is 0. The highest BCUT2D eigenvalue weighted by molar-refractivity contribution is 4.79. The van der Waals surface area contributed by atoms with Gasteiger partial charge < -0.3 is 15.6 Å². The molecule has 3 heteroatoms. The van der Waals surface area contributed by atoms with Crippen molar-refractivity contribution in [2.45, 2.75) is 84.2 Å². The van der Waals surface area contributed by atoms with Crippen LogP contribution < -0.4 is 5.73 Å². The van der Waals surface area contributed by atoms with Crippen molar-refractivity contribution in [1.29, 1.82) is 0 Å². The first-order valence-electron chi connectivity index (χ1n) is 8.03. The minimum atomic E-state index is -0.223. The van der Waals surface area contributed by atoms with E-state index in [4.69, 9.17) is 10.5 Å². The third kappa shape index (κ3) is 9.42. The van der Waals surface area contributed by atoms with Crippen molar-refractivity contribution in [2.75, 3.05) is 13.3 Å². The first-order valence-corrected chi connectivity index (χ1v) is 8.03. The zero-order valence-corrected chi connectivity index (χ0v) is 13.3. The molecule has 1 atom stereocenters. The number of nitrogens with two attached hydrogens (primary N) is 1. The van der Waals surface area contributed by atoms with E-state index < -0.39 is 0 Å². The van der Waals surface area contributed by atoms with Crippen molar-refractivity contribution < 1.29 is 9.84 Å². The van der Waals surface area contributed by atoms with Crippen molar-refractivity contribution in [1.82, 2.24) is 0 Å². The van der Waals surface area contributed by atoms with Crippen molar-refractivity contribution in [3.63, 3.8) is 0 Å². The smallest absolute Gasteiger partial charge is 0.0947 e. The van der Waals surface area contributed by atoms with E-state index in [2.05, 4.69) is 20.8 Å². The molecule has 0 heterocycles. The van der Waals surface area contributed by atoms with Crippen LogP contribution in [0.25, 0.3) is 0 Å². The van der Waals surface area contributed by atoms with Gasteiger partial charge >= 0.3 is 0 Å². The highest BCUT2D eigenvalue weighted by Crippen LogP contribution is 2.29. The molecule has 0 spiro atoms. The summed E-state index contributed by atoms with van der Waals surface area (Å²) in [5.41, 5.74) is 5.26. The molecule has 0 saturated heterocycles. The van der Waals surface area contributed by atoms with Gasteiger partial charge in [0.25, 0.3) is 0 Å². The average molecular weight is 273 g/mol. The fourth-order valence-electron chi connectivity index (χ4n) is 2.68. The SMILES string of the molecule is CCCCCCCCCC(CCO)C(C)(C)OCN. The van der Waals surface area contributed by atoms with Gasteiger partial charge in [-0.25, -0.2) is 0 Å². The quantitative estimate of drug-likeness (QED) is 0.396. The number of aliphatic hydroxyl groups excluding tert-OH is 1. The van der Waals surface area contributed by atoms with Gasteiger partial charge in [-0.15, -0.1) is 0 Å². The molecule has 1 unspecified atom stereocenters. The molecule has 0 amide bonds. The van der Waals surface area contributed by atoms with E-state index in [1.54, 1.807) is 0 Å². The number of ether oxygens (including phenoxy) is 1. The first-order chi connectivity index (χ1) is 9.08. The Morgan fingerprint density at radius 2 is 1.58 bits per heavy atom. The van der Waals surface area contributed by atoms with Gasteiger partial charge in [0.15, 0.2) is 0 Å². The van der Waals surface area contributed by atoms with Crippen LogP contribution in [-0.2, 0) is 4.74 Å². The van der Waals surface area contributed by atoms with E-state index in [1.807, 2.05) is 0 Å². The molecule has 0 radical (unpaired) electrons. The largest absolute Gasteiger partial charge is 0.396 e. The van der Waals surface area contributed by atoms with Crippen molar-refractivity contribution in [3.05, 3.63) is 0 Å². The zero-order valence-electron chi connectivity index (χ0n) is 13.3. The third-order valence-electron chi connectivity index (χ3n) is 4.07. The molecule has 3 N–H and O–H groups in total. The first kappa shape index (κ1) is 18.9. The Labute approximate surface area is 119 Å². The van der Waals surface area contributed by atoms with Crippen molar-refractivity contribution in [3.8, 4) is 0 Å². The lowest BCUT2D eigenvalue weighted by molar-refractivity contribution is -0.0663. The second kappa shape index (κ2) is 11.7. The zero-order chi connectivity index (χ0) is 14.6. The molecule has 0 aliphatic heterocycles. The molecule has 0 aromatic heterocycles. The normalized spacial score (nSPS) is 13.7. The van der Waals surface area contributed by atoms with Crippen molar-refractivity contribution >= 4 is 0 Å². The predicted molar refractivity (Wildman–Crippen MR) is 82.0 cm³/mol. The monoisotopic (exact) mass is 273 g/mol.